The number of nitrogens with zero attached hydrogens (tertiary/aromatic N) is 3. The van der Waals surface area contributed by atoms with Crippen LogP contribution in [0, 0.1) is 13.8 Å². The van der Waals surface area contributed by atoms with E-state index in [1.54, 1.807) is 6.92 Å². The second kappa shape index (κ2) is 6.82. The number of alkyl halides is 3. The van der Waals surface area contributed by atoms with Gasteiger partial charge < -0.3 is 4.84 Å². The van der Waals surface area contributed by atoms with Gasteiger partial charge in [-0.25, -0.2) is 9.97 Å². The number of pyridine rings is 1. The minimum absolute atomic E-state index is 0.309. The average molecular weight is 419 g/mol. The van der Waals surface area contributed by atoms with Gasteiger partial charge in [0.15, 0.2) is 4.96 Å². The number of rotatable bonds is 3. The van der Waals surface area contributed by atoms with Crippen molar-refractivity contribution in [3.63, 3.8) is 0 Å². The van der Waals surface area contributed by atoms with Gasteiger partial charge in [0.2, 0.25) is 0 Å². The standard InChI is InChI=1S/C15H10ClF3N4O3S/c1-6-7(2)27-14-21-5-9(13(25)23(6)14)11(24)22-26-12-10(16)3-8(4-20-12)15(17,18)19/h3-5H,1-2H3,(H,22,24). The van der Waals surface area contributed by atoms with E-state index >= 15 is 0 Å². The molecule has 0 aromatic carbocycles. The first-order valence-electron chi connectivity index (χ1n) is 7.27. The number of nitrogens with one attached hydrogen (secondary N) is 1. The summed E-state index contributed by atoms with van der Waals surface area (Å²) >= 11 is 6.98. The van der Waals surface area contributed by atoms with E-state index in [9.17, 15) is 22.8 Å². The second-order valence-electron chi connectivity index (χ2n) is 5.38. The summed E-state index contributed by atoms with van der Waals surface area (Å²) in [5, 5.41) is -0.459. The summed E-state index contributed by atoms with van der Waals surface area (Å²) in [4.78, 5) is 38.3. The Morgan fingerprint density at radius 1 is 1.30 bits per heavy atom. The van der Waals surface area contributed by atoms with E-state index in [1.165, 1.54) is 15.7 Å². The van der Waals surface area contributed by atoms with Crippen molar-refractivity contribution in [3.05, 3.63) is 55.5 Å². The Balaban J connectivity index is 1.83. The van der Waals surface area contributed by atoms with Crippen LogP contribution in [0.2, 0.25) is 5.02 Å². The number of carbonyl (C=O) groups is 1. The highest BCUT2D eigenvalue weighted by atomic mass is 35.5. The zero-order chi connectivity index (χ0) is 19.9. The summed E-state index contributed by atoms with van der Waals surface area (Å²) in [6.45, 7) is 3.53. The van der Waals surface area contributed by atoms with E-state index in [0.29, 0.717) is 22.9 Å². The van der Waals surface area contributed by atoms with E-state index < -0.39 is 34.1 Å². The maximum atomic E-state index is 12.6. The minimum Gasteiger partial charge on any atom is -0.357 e. The molecule has 3 rings (SSSR count). The van der Waals surface area contributed by atoms with Gasteiger partial charge in [0, 0.05) is 23.0 Å². The Labute approximate surface area is 158 Å². The predicted molar refractivity (Wildman–Crippen MR) is 91.2 cm³/mol. The highest BCUT2D eigenvalue weighted by molar-refractivity contribution is 7.17. The van der Waals surface area contributed by atoms with Gasteiger partial charge in [-0.1, -0.05) is 11.6 Å². The number of hydrogen-bond acceptors (Lipinski definition) is 6. The van der Waals surface area contributed by atoms with E-state index in [2.05, 4.69) is 9.97 Å². The maximum absolute atomic E-state index is 12.6. The van der Waals surface area contributed by atoms with Crippen molar-refractivity contribution in [3.8, 4) is 5.88 Å². The summed E-state index contributed by atoms with van der Waals surface area (Å²) in [5.74, 6) is -1.39. The molecule has 0 atom stereocenters. The van der Waals surface area contributed by atoms with Crippen LogP contribution < -0.4 is 15.9 Å². The second-order valence-corrected chi connectivity index (χ2v) is 6.97. The Morgan fingerprint density at radius 3 is 2.63 bits per heavy atom. The van der Waals surface area contributed by atoms with Crippen LogP contribution in [0.4, 0.5) is 13.2 Å². The lowest BCUT2D eigenvalue weighted by atomic mass is 10.3. The molecule has 1 amide bonds. The van der Waals surface area contributed by atoms with E-state index in [-0.39, 0.29) is 5.56 Å². The van der Waals surface area contributed by atoms with Crippen molar-refractivity contribution in [2.45, 2.75) is 20.0 Å². The van der Waals surface area contributed by atoms with Gasteiger partial charge in [0.05, 0.1) is 5.56 Å². The molecule has 3 aromatic heterocycles. The lowest BCUT2D eigenvalue weighted by molar-refractivity contribution is -0.137. The molecule has 27 heavy (non-hydrogen) atoms. The maximum Gasteiger partial charge on any atom is 0.417 e. The fourth-order valence-electron chi connectivity index (χ4n) is 2.14. The summed E-state index contributed by atoms with van der Waals surface area (Å²) in [5.41, 5.74) is 0.599. The summed E-state index contributed by atoms with van der Waals surface area (Å²) in [6, 6.07) is 0.607. The number of hydrogen-bond donors (Lipinski definition) is 1. The van der Waals surface area contributed by atoms with Crippen molar-refractivity contribution in [1.82, 2.24) is 19.8 Å². The molecular weight excluding hydrogens is 409 g/mol. The molecule has 0 aliphatic heterocycles. The Hall–Kier alpha value is -2.66. The fraction of sp³-hybridized carbons (Fsp3) is 0.200. The van der Waals surface area contributed by atoms with Crippen molar-refractivity contribution in [1.29, 1.82) is 0 Å². The molecule has 0 aliphatic carbocycles. The largest absolute Gasteiger partial charge is 0.417 e. The van der Waals surface area contributed by atoms with Gasteiger partial charge in [0.25, 0.3) is 17.3 Å². The van der Waals surface area contributed by atoms with E-state index in [4.69, 9.17) is 16.4 Å². The number of halogens is 4. The molecule has 3 aromatic rings. The molecule has 0 fully saturated rings. The molecule has 3 heterocycles. The summed E-state index contributed by atoms with van der Waals surface area (Å²) in [6.07, 6.45) is -3.02. The summed E-state index contributed by atoms with van der Waals surface area (Å²) in [7, 11) is 0. The number of hydroxylamine groups is 1. The molecule has 0 aliphatic rings. The first-order chi connectivity index (χ1) is 12.6. The van der Waals surface area contributed by atoms with Gasteiger partial charge in [0.1, 0.15) is 10.6 Å². The topological polar surface area (TPSA) is 85.6 Å². The van der Waals surface area contributed by atoms with Crippen molar-refractivity contribution in [2.75, 3.05) is 0 Å². The number of thiazole rings is 1. The van der Waals surface area contributed by atoms with Crippen LogP contribution in [0.1, 0.15) is 26.5 Å². The van der Waals surface area contributed by atoms with Crippen molar-refractivity contribution in [2.24, 2.45) is 0 Å². The minimum atomic E-state index is -4.62. The van der Waals surface area contributed by atoms with Gasteiger partial charge in [-0.05, 0) is 19.9 Å². The van der Waals surface area contributed by atoms with Crippen LogP contribution in [-0.2, 0) is 6.18 Å². The number of carbonyl (C=O) groups excluding carboxylic acids is 1. The molecule has 12 heteroatoms. The van der Waals surface area contributed by atoms with Crippen LogP contribution in [-0.4, -0.2) is 20.3 Å². The molecule has 0 saturated carbocycles. The first-order valence-corrected chi connectivity index (χ1v) is 8.46. The molecule has 1 N–H and O–H groups in total. The summed E-state index contributed by atoms with van der Waals surface area (Å²) < 4.78 is 39.1. The zero-order valence-corrected chi connectivity index (χ0v) is 15.3. The zero-order valence-electron chi connectivity index (χ0n) is 13.7. The number of aromatic nitrogens is 3. The third-order valence-corrected chi connectivity index (χ3v) is 4.98. The lowest BCUT2D eigenvalue weighted by Crippen LogP contribution is -2.34. The van der Waals surface area contributed by atoms with Gasteiger partial charge >= 0.3 is 6.18 Å². The third-order valence-electron chi connectivity index (χ3n) is 3.64. The smallest absolute Gasteiger partial charge is 0.357 e. The average Bonchev–Trinajstić information content (AvgIpc) is 2.88. The quantitative estimate of drug-likeness (QED) is 0.660. The molecule has 0 bridgehead atoms. The molecule has 0 spiro atoms. The van der Waals surface area contributed by atoms with Crippen LogP contribution >= 0.6 is 22.9 Å². The van der Waals surface area contributed by atoms with Gasteiger partial charge in [-0.2, -0.15) is 18.7 Å². The number of fused-ring (bicyclic) bond motifs is 1. The highest BCUT2D eigenvalue weighted by Crippen LogP contribution is 2.32. The molecular formula is C15H10ClF3N4O3S. The van der Waals surface area contributed by atoms with Crippen LogP contribution in [0.15, 0.2) is 23.3 Å². The normalized spacial score (nSPS) is 11.6. The monoisotopic (exact) mass is 418 g/mol. The van der Waals surface area contributed by atoms with Crippen molar-refractivity contribution >= 4 is 33.8 Å². The number of aryl methyl sites for hydroxylation is 2. The van der Waals surface area contributed by atoms with Gasteiger partial charge in [-0.15, -0.1) is 11.3 Å². The Morgan fingerprint density at radius 2 is 2.00 bits per heavy atom. The molecule has 142 valence electrons. The van der Waals surface area contributed by atoms with Crippen molar-refractivity contribution < 1.29 is 22.8 Å². The molecule has 0 saturated heterocycles. The predicted octanol–water partition coefficient (Wildman–Crippen LogP) is 3.16. The van der Waals surface area contributed by atoms with Gasteiger partial charge in [-0.3, -0.25) is 14.0 Å². The first kappa shape index (κ1) is 19.1. The van der Waals surface area contributed by atoms with Crippen LogP contribution in [0.5, 0.6) is 5.88 Å². The SMILES string of the molecule is Cc1sc2ncc(C(=O)NOc3ncc(C(F)(F)F)cc3Cl)c(=O)n2c1C. The highest BCUT2D eigenvalue weighted by Gasteiger charge is 2.32. The molecule has 0 radical (unpaired) electrons. The Kier molecular flexibility index (Phi) is 4.82. The Bertz CT molecular complexity index is 1110. The van der Waals surface area contributed by atoms with Crippen LogP contribution in [0.25, 0.3) is 4.96 Å². The molecule has 0 unspecified atom stereocenters. The van der Waals surface area contributed by atoms with Crippen LogP contribution in [0.3, 0.4) is 0 Å². The fourth-order valence-corrected chi connectivity index (χ4v) is 3.27. The third kappa shape index (κ3) is 3.60. The molecule has 7 nitrogen and oxygen atoms in total. The van der Waals surface area contributed by atoms with E-state index in [1.807, 2.05) is 12.4 Å². The number of amides is 1. The van der Waals surface area contributed by atoms with E-state index in [0.717, 1.165) is 11.1 Å². The lowest BCUT2D eigenvalue weighted by Gasteiger charge is -2.10.